The lowest BCUT2D eigenvalue weighted by molar-refractivity contribution is 0.297. The van der Waals surface area contributed by atoms with E-state index in [2.05, 4.69) is 11.9 Å². The van der Waals surface area contributed by atoms with E-state index >= 15 is 0 Å². The fourth-order valence-corrected chi connectivity index (χ4v) is 2.55. The van der Waals surface area contributed by atoms with E-state index in [0.717, 1.165) is 6.42 Å². The quantitative estimate of drug-likeness (QED) is 0.559. The average Bonchev–Trinajstić information content (AvgIpc) is 2.52. The zero-order chi connectivity index (χ0) is 16.2. The minimum absolute atomic E-state index is 0.159. The Kier molecular flexibility index (Phi) is 9.64. The summed E-state index contributed by atoms with van der Waals surface area (Å²) in [6.45, 7) is 4.94. The van der Waals surface area contributed by atoms with E-state index in [0.29, 0.717) is 23.6 Å². The molecule has 22 heavy (non-hydrogen) atoms. The van der Waals surface area contributed by atoms with Gasteiger partial charge in [-0.3, -0.25) is 4.98 Å². The maximum atomic E-state index is 9.92. The molecule has 0 aliphatic heterocycles. The molecule has 1 aromatic rings. The van der Waals surface area contributed by atoms with Gasteiger partial charge in [0.05, 0.1) is 24.1 Å². The zero-order valence-electron chi connectivity index (χ0n) is 14.2. The summed E-state index contributed by atoms with van der Waals surface area (Å²) < 4.78 is 5.72. The molecule has 126 valence electrons. The molecule has 0 atom stereocenters. The summed E-state index contributed by atoms with van der Waals surface area (Å²) in [4.78, 5) is 4.12. The second-order valence-corrected chi connectivity index (χ2v) is 5.92. The van der Waals surface area contributed by atoms with Gasteiger partial charge in [-0.1, -0.05) is 58.3 Å². The summed E-state index contributed by atoms with van der Waals surface area (Å²) in [6, 6.07) is 0. The Labute approximate surface area is 135 Å². The number of nitrogens with two attached hydrogens (primary N) is 1. The van der Waals surface area contributed by atoms with E-state index in [9.17, 15) is 5.11 Å². The number of ether oxygens (including phenoxy) is 1. The van der Waals surface area contributed by atoms with E-state index in [1.807, 2.05) is 0 Å². The van der Waals surface area contributed by atoms with Crippen molar-refractivity contribution in [3.63, 3.8) is 0 Å². The first kappa shape index (κ1) is 18.8. The van der Waals surface area contributed by atoms with Crippen molar-refractivity contribution < 1.29 is 9.84 Å². The molecule has 0 aromatic carbocycles. The van der Waals surface area contributed by atoms with Gasteiger partial charge in [-0.15, -0.1) is 0 Å². The van der Waals surface area contributed by atoms with Crippen LogP contribution in [0.15, 0.2) is 6.20 Å². The molecular weight excluding hydrogens is 276 g/mol. The highest BCUT2D eigenvalue weighted by molar-refractivity contribution is 5.44. The van der Waals surface area contributed by atoms with Crippen LogP contribution in [0.1, 0.15) is 76.0 Å². The number of rotatable bonds is 12. The lowest BCUT2D eigenvalue weighted by Crippen LogP contribution is -2.06. The van der Waals surface area contributed by atoms with E-state index in [4.69, 9.17) is 10.5 Å². The van der Waals surface area contributed by atoms with Crippen LogP contribution in [0.2, 0.25) is 0 Å². The average molecular weight is 308 g/mol. The number of aromatic nitrogens is 1. The van der Waals surface area contributed by atoms with Gasteiger partial charge in [0.15, 0.2) is 0 Å². The third-order valence-electron chi connectivity index (χ3n) is 4.01. The molecule has 0 spiro atoms. The van der Waals surface area contributed by atoms with Crippen LogP contribution in [0.4, 0.5) is 0 Å². The lowest BCUT2D eigenvalue weighted by atomic mass is 10.1. The number of hydrogen-bond acceptors (Lipinski definition) is 4. The fraction of sp³-hybridized carbons (Fsp3) is 0.722. The number of nitrogens with zero attached hydrogens (tertiary/aromatic N) is 1. The minimum Gasteiger partial charge on any atom is -0.506 e. The molecule has 0 radical (unpaired) electrons. The van der Waals surface area contributed by atoms with Crippen LogP contribution in [0, 0.1) is 6.92 Å². The van der Waals surface area contributed by atoms with Crippen molar-refractivity contribution in [2.75, 3.05) is 6.61 Å². The SMILES string of the molecule is CCCCCCCCCCCOc1cnc(C)c(O)c1CN. The summed E-state index contributed by atoms with van der Waals surface area (Å²) in [5, 5.41) is 9.92. The van der Waals surface area contributed by atoms with Crippen LogP contribution in [0.5, 0.6) is 11.5 Å². The van der Waals surface area contributed by atoms with Crippen LogP contribution in [0.25, 0.3) is 0 Å². The Bertz CT molecular complexity index is 422. The number of unbranched alkanes of at least 4 members (excludes halogenated alkanes) is 8. The van der Waals surface area contributed by atoms with Gasteiger partial charge in [-0.25, -0.2) is 0 Å². The molecular formula is C18H32N2O2. The second-order valence-electron chi connectivity index (χ2n) is 5.92. The van der Waals surface area contributed by atoms with Crippen molar-refractivity contribution in [1.29, 1.82) is 0 Å². The Morgan fingerprint density at radius 3 is 2.23 bits per heavy atom. The molecule has 0 saturated heterocycles. The predicted octanol–water partition coefficient (Wildman–Crippen LogP) is 4.46. The van der Waals surface area contributed by atoms with Gasteiger partial charge in [0, 0.05) is 6.54 Å². The van der Waals surface area contributed by atoms with Crippen molar-refractivity contribution in [3.8, 4) is 11.5 Å². The highest BCUT2D eigenvalue weighted by Crippen LogP contribution is 2.28. The first-order valence-corrected chi connectivity index (χ1v) is 8.71. The third kappa shape index (κ3) is 6.65. The topological polar surface area (TPSA) is 68.4 Å². The molecule has 4 heteroatoms. The molecule has 0 amide bonds. The van der Waals surface area contributed by atoms with Crippen molar-refractivity contribution in [1.82, 2.24) is 4.98 Å². The van der Waals surface area contributed by atoms with Gasteiger partial charge < -0.3 is 15.6 Å². The highest BCUT2D eigenvalue weighted by Gasteiger charge is 2.11. The second kappa shape index (κ2) is 11.3. The van der Waals surface area contributed by atoms with E-state index in [1.54, 1.807) is 13.1 Å². The smallest absolute Gasteiger partial charge is 0.145 e. The van der Waals surface area contributed by atoms with E-state index in [-0.39, 0.29) is 12.3 Å². The molecule has 0 aliphatic carbocycles. The van der Waals surface area contributed by atoms with E-state index < -0.39 is 0 Å². The standard InChI is InChI=1S/C18H32N2O2/c1-3-4-5-6-7-8-9-10-11-12-22-17-14-20-15(2)18(21)16(17)13-19/h14,21H,3-13,19H2,1-2H3. The Morgan fingerprint density at radius 1 is 1.05 bits per heavy atom. The summed E-state index contributed by atoms with van der Waals surface area (Å²) in [5.74, 6) is 0.775. The van der Waals surface area contributed by atoms with Gasteiger partial charge >= 0.3 is 0 Å². The normalized spacial score (nSPS) is 10.9. The maximum Gasteiger partial charge on any atom is 0.145 e. The molecule has 0 aliphatic rings. The largest absolute Gasteiger partial charge is 0.506 e. The molecule has 0 saturated carbocycles. The molecule has 4 nitrogen and oxygen atoms in total. The van der Waals surface area contributed by atoms with Crippen LogP contribution < -0.4 is 10.5 Å². The van der Waals surface area contributed by atoms with Gasteiger partial charge in [0.2, 0.25) is 0 Å². The van der Waals surface area contributed by atoms with Crippen molar-refractivity contribution in [3.05, 3.63) is 17.5 Å². The van der Waals surface area contributed by atoms with Crippen molar-refractivity contribution in [2.24, 2.45) is 5.73 Å². The first-order chi connectivity index (χ1) is 10.7. The fourth-order valence-electron chi connectivity index (χ4n) is 2.55. The van der Waals surface area contributed by atoms with Gasteiger partial charge in [0.25, 0.3) is 0 Å². The summed E-state index contributed by atoms with van der Waals surface area (Å²) in [6.07, 6.45) is 13.3. The molecule has 3 N–H and O–H groups in total. The highest BCUT2D eigenvalue weighted by atomic mass is 16.5. The molecule has 1 aromatic heterocycles. The predicted molar refractivity (Wildman–Crippen MR) is 91.3 cm³/mol. The molecule has 0 unspecified atom stereocenters. The van der Waals surface area contributed by atoms with Crippen LogP contribution >= 0.6 is 0 Å². The van der Waals surface area contributed by atoms with Crippen LogP contribution in [-0.4, -0.2) is 16.7 Å². The number of pyridine rings is 1. The third-order valence-corrected chi connectivity index (χ3v) is 4.01. The van der Waals surface area contributed by atoms with Crippen molar-refractivity contribution >= 4 is 0 Å². The molecule has 0 bridgehead atoms. The Balaban J connectivity index is 2.14. The van der Waals surface area contributed by atoms with Crippen molar-refractivity contribution in [2.45, 2.75) is 78.2 Å². The van der Waals surface area contributed by atoms with E-state index in [1.165, 1.54) is 51.4 Å². The maximum absolute atomic E-state index is 9.92. The molecule has 1 heterocycles. The minimum atomic E-state index is 0.159. The molecule has 1 rings (SSSR count). The first-order valence-electron chi connectivity index (χ1n) is 8.71. The summed E-state index contributed by atoms with van der Waals surface area (Å²) in [5.41, 5.74) is 6.92. The Hall–Kier alpha value is -1.29. The van der Waals surface area contributed by atoms with Gasteiger partial charge in [-0.2, -0.15) is 0 Å². The zero-order valence-corrected chi connectivity index (χ0v) is 14.2. The van der Waals surface area contributed by atoms with Crippen LogP contribution in [0.3, 0.4) is 0 Å². The monoisotopic (exact) mass is 308 g/mol. The number of hydrogen-bond donors (Lipinski definition) is 2. The lowest BCUT2D eigenvalue weighted by Gasteiger charge is -2.12. The van der Waals surface area contributed by atoms with Gasteiger partial charge in [0.1, 0.15) is 11.5 Å². The molecule has 0 fully saturated rings. The van der Waals surface area contributed by atoms with Crippen LogP contribution in [-0.2, 0) is 6.54 Å². The number of aryl methyl sites for hydroxylation is 1. The van der Waals surface area contributed by atoms with Gasteiger partial charge in [-0.05, 0) is 13.3 Å². The summed E-state index contributed by atoms with van der Waals surface area (Å²) in [7, 11) is 0. The summed E-state index contributed by atoms with van der Waals surface area (Å²) >= 11 is 0. The Morgan fingerprint density at radius 2 is 1.64 bits per heavy atom. The number of aromatic hydroxyl groups is 1.